The van der Waals surface area contributed by atoms with Crippen molar-refractivity contribution in [3.05, 3.63) is 29.3 Å². The first kappa shape index (κ1) is 13.9. The lowest BCUT2D eigenvalue weighted by Gasteiger charge is -2.19. The summed E-state index contributed by atoms with van der Waals surface area (Å²) in [5.74, 6) is 0.902. The molecule has 0 saturated carbocycles. The molecule has 0 bridgehead atoms. The Hall–Kier alpha value is -1.55. The Morgan fingerprint density at radius 3 is 3.00 bits per heavy atom. The van der Waals surface area contributed by atoms with Crippen molar-refractivity contribution in [1.29, 1.82) is 0 Å². The summed E-state index contributed by atoms with van der Waals surface area (Å²) in [5, 5.41) is 2.74. The Balaban J connectivity index is 1.78. The van der Waals surface area contributed by atoms with Gasteiger partial charge in [0.1, 0.15) is 5.75 Å². The molecule has 2 rings (SSSR count). The zero-order valence-electron chi connectivity index (χ0n) is 11.3. The third-order valence-corrected chi connectivity index (χ3v) is 3.44. The van der Waals surface area contributed by atoms with E-state index in [0.29, 0.717) is 13.2 Å². The summed E-state index contributed by atoms with van der Waals surface area (Å²) in [6.45, 7) is 1.29. The minimum absolute atomic E-state index is 0.0487. The molecular weight excluding hydrogens is 240 g/mol. The van der Waals surface area contributed by atoms with Crippen LogP contribution in [-0.2, 0) is 17.6 Å². The number of nitrogens with one attached hydrogen (secondary N) is 1. The van der Waals surface area contributed by atoms with Gasteiger partial charge in [0.25, 0.3) is 0 Å². The second-order valence-electron chi connectivity index (χ2n) is 4.86. The second-order valence-corrected chi connectivity index (χ2v) is 4.86. The van der Waals surface area contributed by atoms with Crippen LogP contribution < -0.4 is 15.8 Å². The fraction of sp³-hybridized carbons (Fsp3) is 0.533. The molecule has 0 spiro atoms. The average molecular weight is 262 g/mol. The first-order chi connectivity index (χ1) is 9.31. The van der Waals surface area contributed by atoms with E-state index in [4.69, 9.17) is 10.5 Å². The van der Waals surface area contributed by atoms with Gasteiger partial charge in [0.15, 0.2) is 0 Å². The molecule has 1 aliphatic carbocycles. The Morgan fingerprint density at radius 1 is 1.32 bits per heavy atom. The fourth-order valence-electron chi connectivity index (χ4n) is 2.44. The van der Waals surface area contributed by atoms with Crippen molar-refractivity contribution in [2.45, 2.75) is 32.1 Å². The predicted octanol–water partition coefficient (Wildman–Crippen LogP) is 1.41. The van der Waals surface area contributed by atoms with Gasteiger partial charge in [-0.05, 0) is 49.3 Å². The van der Waals surface area contributed by atoms with Crippen molar-refractivity contribution in [2.75, 3.05) is 19.7 Å². The van der Waals surface area contributed by atoms with Gasteiger partial charge in [0.2, 0.25) is 5.91 Å². The molecule has 1 amide bonds. The standard InChI is InChI=1S/C15H22N2O2/c16-11-15(18)17-9-4-10-19-14-8-3-6-12-5-1-2-7-13(12)14/h3,6,8H,1-2,4-5,7,9-11,16H2,(H,17,18). The largest absolute Gasteiger partial charge is 0.493 e. The van der Waals surface area contributed by atoms with Crippen LogP contribution in [0.3, 0.4) is 0 Å². The molecule has 0 aliphatic heterocycles. The number of hydrogen-bond donors (Lipinski definition) is 2. The first-order valence-corrected chi connectivity index (χ1v) is 7.01. The number of carbonyl (C=O) groups is 1. The lowest BCUT2D eigenvalue weighted by molar-refractivity contribution is -0.119. The molecule has 0 atom stereocenters. The number of ether oxygens (including phenoxy) is 1. The predicted molar refractivity (Wildman–Crippen MR) is 75.3 cm³/mol. The van der Waals surface area contributed by atoms with Crippen LogP contribution in [0.4, 0.5) is 0 Å². The molecular formula is C15H22N2O2. The molecule has 1 aromatic rings. The van der Waals surface area contributed by atoms with Crippen LogP contribution in [0.25, 0.3) is 0 Å². The highest BCUT2D eigenvalue weighted by molar-refractivity contribution is 5.77. The Morgan fingerprint density at radius 2 is 2.16 bits per heavy atom. The van der Waals surface area contributed by atoms with E-state index in [1.165, 1.54) is 30.4 Å². The van der Waals surface area contributed by atoms with Crippen LogP contribution in [-0.4, -0.2) is 25.6 Å². The van der Waals surface area contributed by atoms with E-state index in [0.717, 1.165) is 18.6 Å². The van der Waals surface area contributed by atoms with Crippen molar-refractivity contribution in [3.63, 3.8) is 0 Å². The van der Waals surface area contributed by atoms with Gasteiger partial charge in [-0.25, -0.2) is 0 Å². The van der Waals surface area contributed by atoms with Gasteiger partial charge in [-0.15, -0.1) is 0 Å². The summed E-state index contributed by atoms with van der Waals surface area (Å²) in [5.41, 5.74) is 8.02. The van der Waals surface area contributed by atoms with Gasteiger partial charge < -0.3 is 15.8 Å². The van der Waals surface area contributed by atoms with E-state index in [1.807, 2.05) is 6.07 Å². The molecule has 0 saturated heterocycles. The Labute approximate surface area is 114 Å². The highest BCUT2D eigenvalue weighted by Gasteiger charge is 2.13. The van der Waals surface area contributed by atoms with Crippen molar-refractivity contribution in [1.82, 2.24) is 5.32 Å². The third kappa shape index (κ3) is 3.96. The summed E-state index contributed by atoms with van der Waals surface area (Å²) < 4.78 is 5.84. The number of hydrogen-bond acceptors (Lipinski definition) is 3. The zero-order chi connectivity index (χ0) is 13.5. The van der Waals surface area contributed by atoms with Crippen LogP contribution >= 0.6 is 0 Å². The minimum Gasteiger partial charge on any atom is -0.493 e. The average Bonchev–Trinajstić information content (AvgIpc) is 2.46. The minimum atomic E-state index is -0.114. The van der Waals surface area contributed by atoms with Crippen molar-refractivity contribution < 1.29 is 9.53 Å². The van der Waals surface area contributed by atoms with E-state index in [1.54, 1.807) is 0 Å². The molecule has 1 aromatic carbocycles. The summed E-state index contributed by atoms with van der Waals surface area (Å²) in [6, 6.07) is 6.31. The number of aryl methyl sites for hydroxylation is 1. The summed E-state index contributed by atoms with van der Waals surface area (Å²) in [7, 11) is 0. The van der Waals surface area contributed by atoms with Crippen molar-refractivity contribution in [2.24, 2.45) is 5.73 Å². The van der Waals surface area contributed by atoms with Gasteiger partial charge in [0, 0.05) is 6.54 Å². The van der Waals surface area contributed by atoms with Crippen LogP contribution in [0.1, 0.15) is 30.4 Å². The molecule has 4 nitrogen and oxygen atoms in total. The molecule has 104 valence electrons. The molecule has 0 radical (unpaired) electrons. The summed E-state index contributed by atoms with van der Waals surface area (Å²) in [6.07, 6.45) is 5.62. The van der Waals surface area contributed by atoms with Gasteiger partial charge in [0.05, 0.1) is 13.2 Å². The van der Waals surface area contributed by atoms with Gasteiger partial charge in [-0.2, -0.15) is 0 Å². The SMILES string of the molecule is NCC(=O)NCCCOc1cccc2c1CCCC2. The van der Waals surface area contributed by atoms with Crippen LogP contribution in [0.5, 0.6) is 5.75 Å². The highest BCUT2D eigenvalue weighted by Crippen LogP contribution is 2.29. The van der Waals surface area contributed by atoms with Crippen molar-refractivity contribution in [3.8, 4) is 5.75 Å². The molecule has 0 fully saturated rings. The molecule has 0 aromatic heterocycles. The molecule has 0 unspecified atom stereocenters. The van der Waals surface area contributed by atoms with E-state index in [2.05, 4.69) is 17.4 Å². The second kappa shape index (κ2) is 7.14. The van der Waals surface area contributed by atoms with E-state index in [9.17, 15) is 4.79 Å². The quantitative estimate of drug-likeness (QED) is 0.762. The first-order valence-electron chi connectivity index (χ1n) is 7.01. The third-order valence-electron chi connectivity index (χ3n) is 3.44. The smallest absolute Gasteiger partial charge is 0.233 e. The Kier molecular flexibility index (Phi) is 5.21. The molecule has 4 heteroatoms. The number of amides is 1. The van der Waals surface area contributed by atoms with Gasteiger partial charge >= 0.3 is 0 Å². The molecule has 19 heavy (non-hydrogen) atoms. The summed E-state index contributed by atoms with van der Waals surface area (Å²) >= 11 is 0. The molecule has 1 aliphatic rings. The topological polar surface area (TPSA) is 64.4 Å². The lowest BCUT2D eigenvalue weighted by Crippen LogP contribution is -2.31. The number of carbonyl (C=O) groups excluding carboxylic acids is 1. The van der Waals surface area contributed by atoms with Crippen LogP contribution in [0, 0.1) is 0 Å². The number of nitrogens with two attached hydrogens (primary N) is 1. The molecule has 3 N–H and O–H groups in total. The lowest BCUT2D eigenvalue weighted by atomic mass is 9.91. The van der Waals surface area contributed by atoms with Gasteiger partial charge in [-0.1, -0.05) is 12.1 Å². The summed E-state index contributed by atoms with van der Waals surface area (Å²) in [4.78, 5) is 11.0. The maximum Gasteiger partial charge on any atom is 0.233 e. The Bertz CT molecular complexity index is 432. The fourth-order valence-corrected chi connectivity index (χ4v) is 2.44. The maximum atomic E-state index is 11.0. The van der Waals surface area contributed by atoms with E-state index >= 15 is 0 Å². The maximum absolute atomic E-state index is 11.0. The normalized spacial score (nSPS) is 13.7. The van der Waals surface area contributed by atoms with E-state index < -0.39 is 0 Å². The van der Waals surface area contributed by atoms with E-state index in [-0.39, 0.29) is 12.5 Å². The number of benzene rings is 1. The molecule has 0 heterocycles. The zero-order valence-corrected chi connectivity index (χ0v) is 11.3. The van der Waals surface area contributed by atoms with Gasteiger partial charge in [-0.3, -0.25) is 4.79 Å². The van der Waals surface area contributed by atoms with Crippen molar-refractivity contribution >= 4 is 5.91 Å². The van der Waals surface area contributed by atoms with Crippen LogP contribution in [0.2, 0.25) is 0 Å². The highest BCUT2D eigenvalue weighted by atomic mass is 16.5. The monoisotopic (exact) mass is 262 g/mol. The number of rotatable bonds is 6. The van der Waals surface area contributed by atoms with Crippen LogP contribution in [0.15, 0.2) is 18.2 Å². The number of fused-ring (bicyclic) bond motifs is 1.